The molecular formula is C33H29Cl2N3O5S. The highest BCUT2D eigenvalue weighted by Gasteiger charge is 2.42. The van der Waals surface area contributed by atoms with E-state index >= 15 is 0 Å². The van der Waals surface area contributed by atoms with Crippen LogP contribution in [0.3, 0.4) is 0 Å². The zero-order valence-electron chi connectivity index (χ0n) is 23.3. The highest BCUT2D eigenvalue weighted by molar-refractivity contribution is 7.92. The number of imidazole rings is 1. The van der Waals surface area contributed by atoms with E-state index in [1.807, 2.05) is 60.7 Å². The Morgan fingerprint density at radius 2 is 1.50 bits per heavy atom. The van der Waals surface area contributed by atoms with Crippen molar-refractivity contribution in [1.82, 2.24) is 9.55 Å². The SMILES string of the molecule is O=S(=O)(Nc1cccc(C2OC(Cn3cnc(Cl)c3Cl)C(c3ccccc3)C(c3ccc(CO)cc3)O2)c1)c1ccccc1. The van der Waals surface area contributed by atoms with Gasteiger partial charge in [0.05, 0.1) is 36.6 Å². The van der Waals surface area contributed by atoms with Crippen LogP contribution in [0, 0.1) is 0 Å². The summed E-state index contributed by atoms with van der Waals surface area (Å²) in [5.41, 5.74) is 3.67. The van der Waals surface area contributed by atoms with Crippen LogP contribution in [-0.4, -0.2) is 29.2 Å². The van der Waals surface area contributed by atoms with E-state index in [2.05, 4.69) is 9.71 Å². The largest absolute Gasteiger partial charge is 0.392 e. The van der Waals surface area contributed by atoms with Crippen molar-refractivity contribution in [3.05, 3.63) is 148 Å². The van der Waals surface area contributed by atoms with Gasteiger partial charge in [0.15, 0.2) is 11.4 Å². The first kappa shape index (κ1) is 30.3. The zero-order valence-corrected chi connectivity index (χ0v) is 25.7. The summed E-state index contributed by atoms with van der Waals surface area (Å²) in [6.07, 6.45) is -0.228. The molecule has 4 unspecified atom stereocenters. The Kier molecular flexibility index (Phi) is 9.04. The highest BCUT2D eigenvalue weighted by Crippen LogP contribution is 2.47. The number of benzene rings is 4. The number of nitrogens with zero attached hydrogens (tertiary/aromatic N) is 2. The van der Waals surface area contributed by atoms with Gasteiger partial charge >= 0.3 is 0 Å². The third-order valence-electron chi connectivity index (χ3n) is 7.54. The van der Waals surface area contributed by atoms with Crippen LogP contribution >= 0.6 is 23.2 Å². The van der Waals surface area contributed by atoms with Gasteiger partial charge in [-0.25, -0.2) is 13.4 Å². The summed E-state index contributed by atoms with van der Waals surface area (Å²) in [4.78, 5) is 4.30. The van der Waals surface area contributed by atoms with E-state index in [4.69, 9.17) is 32.7 Å². The Morgan fingerprint density at radius 1 is 0.818 bits per heavy atom. The van der Waals surface area contributed by atoms with Crippen molar-refractivity contribution in [3.8, 4) is 0 Å². The van der Waals surface area contributed by atoms with E-state index in [1.165, 1.54) is 12.1 Å². The summed E-state index contributed by atoms with van der Waals surface area (Å²) in [5, 5.41) is 10.1. The van der Waals surface area contributed by atoms with Gasteiger partial charge in [-0.2, -0.15) is 0 Å². The van der Waals surface area contributed by atoms with Crippen molar-refractivity contribution in [2.24, 2.45) is 0 Å². The van der Waals surface area contributed by atoms with Crippen LogP contribution in [0.2, 0.25) is 10.3 Å². The van der Waals surface area contributed by atoms with Gasteiger partial charge in [0, 0.05) is 17.2 Å². The molecule has 1 saturated heterocycles. The van der Waals surface area contributed by atoms with Crippen LogP contribution < -0.4 is 4.72 Å². The Labute approximate surface area is 265 Å². The predicted molar refractivity (Wildman–Crippen MR) is 169 cm³/mol. The quantitative estimate of drug-likeness (QED) is 0.176. The minimum atomic E-state index is -3.81. The summed E-state index contributed by atoms with van der Waals surface area (Å²) < 4.78 is 43.9. The molecule has 0 aliphatic carbocycles. The fourth-order valence-corrected chi connectivity index (χ4v) is 6.78. The number of anilines is 1. The molecule has 4 aromatic carbocycles. The highest BCUT2D eigenvalue weighted by atomic mass is 35.5. The van der Waals surface area contributed by atoms with E-state index in [9.17, 15) is 13.5 Å². The third kappa shape index (κ3) is 6.53. The molecule has 1 aliphatic heterocycles. The van der Waals surface area contributed by atoms with Gasteiger partial charge in [0.2, 0.25) is 0 Å². The van der Waals surface area contributed by atoms with Gasteiger partial charge < -0.3 is 19.1 Å². The zero-order chi connectivity index (χ0) is 30.7. The number of halogens is 2. The molecule has 0 bridgehead atoms. The van der Waals surface area contributed by atoms with Gasteiger partial charge in [0.1, 0.15) is 5.15 Å². The van der Waals surface area contributed by atoms with E-state index in [0.29, 0.717) is 22.9 Å². The minimum Gasteiger partial charge on any atom is -0.392 e. The van der Waals surface area contributed by atoms with Crippen molar-refractivity contribution >= 4 is 38.9 Å². The number of nitrogens with one attached hydrogen (secondary N) is 1. The molecule has 4 atom stereocenters. The van der Waals surface area contributed by atoms with E-state index in [-0.39, 0.29) is 22.6 Å². The number of aliphatic hydroxyl groups is 1. The third-order valence-corrected chi connectivity index (χ3v) is 9.71. The van der Waals surface area contributed by atoms with Gasteiger partial charge in [-0.05, 0) is 41.0 Å². The minimum absolute atomic E-state index is 0.0755. The molecule has 2 heterocycles. The second kappa shape index (κ2) is 13.1. The molecule has 44 heavy (non-hydrogen) atoms. The van der Waals surface area contributed by atoms with Crippen LogP contribution in [0.4, 0.5) is 5.69 Å². The fourth-order valence-electron chi connectivity index (χ4n) is 5.39. The number of sulfonamides is 1. The average molecular weight is 651 g/mol. The van der Waals surface area contributed by atoms with Crippen LogP contribution in [0.15, 0.2) is 120 Å². The Hall–Kier alpha value is -3.70. The molecule has 5 aromatic rings. The number of hydrogen-bond donors (Lipinski definition) is 2. The Morgan fingerprint density at radius 3 is 2.16 bits per heavy atom. The second-order valence-electron chi connectivity index (χ2n) is 10.4. The van der Waals surface area contributed by atoms with Crippen molar-refractivity contribution in [1.29, 1.82) is 0 Å². The number of aliphatic hydroxyl groups excluding tert-OH is 1. The first-order valence-corrected chi connectivity index (χ1v) is 16.2. The molecule has 0 saturated carbocycles. The van der Waals surface area contributed by atoms with Crippen molar-refractivity contribution in [2.45, 2.75) is 42.5 Å². The molecule has 8 nitrogen and oxygen atoms in total. The molecule has 0 radical (unpaired) electrons. The first-order valence-electron chi connectivity index (χ1n) is 13.9. The number of rotatable bonds is 9. The van der Waals surface area contributed by atoms with Crippen LogP contribution in [0.5, 0.6) is 0 Å². The maximum Gasteiger partial charge on any atom is 0.261 e. The van der Waals surface area contributed by atoms with Crippen LogP contribution in [0.1, 0.15) is 40.6 Å². The maximum absolute atomic E-state index is 13.0. The number of hydrogen-bond acceptors (Lipinski definition) is 6. The summed E-state index contributed by atoms with van der Waals surface area (Å²) in [7, 11) is -3.81. The standard InChI is InChI=1S/C33H29Cl2N3O5S/c34-31-32(35)38(21-36-31)19-28-29(23-8-3-1-4-9-23)30(24-16-14-22(20-39)15-17-24)43-33(42-28)25-10-7-11-26(18-25)37-44(40,41)27-12-5-2-6-13-27/h1-18,21,28-30,33,37,39H,19-20H2. The molecule has 1 aromatic heterocycles. The van der Waals surface area contributed by atoms with Crippen LogP contribution in [-0.2, 0) is 32.6 Å². The molecule has 11 heteroatoms. The van der Waals surface area contributed by atoms with Crippen molar-refractivity contribution < 1.29 is 23.0 Å². The van der Waals surface area contributed by atoms with E-state index in [0.717, 1.165) is 16.7 Å². The monoisotopic (exact) mass is 649 g/mol. The number of ether oxygens (including phenoxy) is 2. The Balaban J connectivity index is 1.39. The van der Waals surface area contributed by atoms with E-state index in [1.54, 1.807) is 47.3 Å². The van der Waals surface area contributed by atoms with Gasteiger partial charge in [-0.1, -0.05) is 108 Å². The molecule has 226 valence electrons. The summed E-state index contributed by atoms with van der Waals surface area (Å²) >= 11 is 12.7. The van der Waals surface area contributed by atoms with Gasteiger partial charge in [-0.3, -0.25) is 4.72 Å². The van der Waals surface area contributed by atoms with E-state index < -0.39 is 28.5 Å². The Bertz CT molecular complexity index is 1820. The normalized spacial score (nSPS) is 20.3. The van der Waals surface area contributed by atoms with Crippen molar-refractivity contribution in [2.75, 3.05) is 4.72 Å². The average Bonchev–Trinajstić information content (AvgIpc) is 3.37. The molecule has 0 spiro atoms. The summed E-state index contributed by atoms with van der Waals surface area (Å²) in [6, 6.07) is 32.7. The smallest absolute Gasteiger partial charge is 0.261 e. The molecule has 1 aliphatic rings. The topological polar surface area (TPSA) is 103 Å². The maximum atomic E-state index is 13.0. The van der Waals surface area contributed by atoms with Crippen LogP contribution in [0.25, 0.3) is 0 Å². The summed E-state index contributed by atoms with van der Waals surface area (Å²) in [6.45, 7) is 0.247. The van der Waals surface area contributed by atoms with Gasteiger partial charge in [-0.15, -0.1) is 0 Å². The molecule has 0 amide bonds. The van der Waals surface area contributed by atoms with Gasteiger partial charge in [0.25, 0.3) is 10.0 Å². The first-order chi connectivity index (χ1) is 21.3. The fraction of sp³-hybridized carbons (Fsp3) is 0.182. The lowest BCUT2D eigenvalue weighted by molar-refractivity contribution is -0.263. The predicted octanol–water partition coefficient (Wildman–Crippen LogP) is 7.12. The molecule has 1 fully saturated rings. The second-order valence-corrected chi connectivity index (χ2v) is 12.8. The lowest BCUT2D eigenvalue weighted by Gasteiger charge is -2.43. The lowest BCUT2D eigenvalue weighted by atomic mass is 9.83. The molecule has 6 rings (SSSR count). The lowest BCUT2D eigenvalue weighted by Crippen LogP contribution is -2.39. The molecular weight excluding hydrogens is 621 g/mol. The molecule has 2 N–H and O–H groups in total. The summed E-state index contributed by atoms with van der Waals surface area (Å²) in [5.74, 6) is -0.274. The number of aromatic nitrogens is 2. The van der Waals surface area contributed by atoms with Crippen molar-refractivity contribution in [3.63, 3.8) is 0 Å².